The van der Waals surface area contributed by atoms with Crippen molar-refractivity contribution in [1.29, 1.82) is 0 Å². The molecule has 0 unspecified atom stereocenters. The smallest absolute Gasteiger partial charge is 0.326 e. The molecule has 1 N–H and O–H groups in total. The van der Waals surface area contributed by atoms with E-state index in [-0.39, 0.29) is 5.91 Å². The zero-order valence-corrected chi connectivity index (χ0v) is 9.65. The third-order valence-corrected chi connectivity index (χ3v) is 2.85. The summed E-state index contributed by atoms with van der Waals surface area (Å²) in [5, 5.41) is 9.01. The Balaban J connectivity index is 2.47. The molecular formula is C11H19NO4. The molecule has 16 heavy (non-hydrogen) atoms. The van der Waals surface area contributed by atoms with Crippen molar-refractivity contribution < 1.29 is 19.4 Å². The van der Waals surface area contributed by atoms with E-state index >= 15 is 0 Å². The number of carbonyl (C=O) groups is 2. The summed E-state index contributed by atoms with van der Waals surface area (Å²) in [4.78, 5) is 24.3. The van der Waals surface area contributed by atoms with Crippen LogP contribution in [0.2, 0.25) is 0 Å². The van der Waals surface area contributed by atoms with Gasteiger partial charge in [-0.3, -0.25) is 4.79 Å². The van der Waals surface area contributed by atoms with Crippen LogP contribution in [0, 0.1) is 0 Å². The van der Waals surface area contributed by atoms with Crippen LogP contribution in [0.4, 0.5) is 0 Å². The number of methoxy groups -OCH3 is 1. The van der Waals surface area contributed by atoms with Crippen molar-refractivity contribution in [2.45, 2.75) is 38.1 Å². The predicted molar refractivity (Wildman–Crippen MR) is 58.1 cm³/mol. The highest BCUT2D eigenvalue weighted by molar-refractivity contribution is 5.83. The molecule has 1 rings (SSSR count). The Hall–Kier alpha value is -1.10. The van der Waals surface area contributed by atoms with Crippen molar-refractivity contribution in [3.8, 4) is 0 Å². The van der Waals surface area contributed by atoms with Crippen molar-refractivity contribution >= 4 is 11.9 Å². The normalized spacial score (nSPS) is 20.8. The molecular weight excluding hydrogens is 210 g/mol. The molecule has 0 spiro atoms. The van der Waals surface area contributed by atoms with Crippen LogP contribution in [0.5, 0.6) is 0 Å². The zero-order chi connectivity index (χ0) is 12.0. The number of aliphatic carboxylic acids is 1. The number of piperidine rings is 1. The summed E-state index contributed by atoms with van der Waals surface area (Å²) in [6, 6.07) is -0.621. The van der Waals surface area contributed by atoms with E-state index in [1.165, 1.54) is 4.90 Å². The molecule has 1 saturated heterocycles. The second kappa shape index (κ2) is 6.48. The maximum absolute atomic E-state index is 11.8. The van der Waals surface area contributed by atoms with E-state index in [0.29, 0.717) is 32.4 Å². The van der Waals surface area contributed by atoms with Crippen LogP contribution in [-0.2, 0) is 14.3 Å². The number of carbonyl (C=O) groups excluding carboxylic acids is 1. The highest BCUT2D eigenvalue weighted by Crippen LogP contribution is 2.18. The van der Waals surface area contributed by atoms with E-state index in [2.05, 4.69) is 0 Å². The molecule has 0 aromatic carbocycles. The summed E-state index contributed by atoms with van der Waals surface area (Å²) < 4.78 is 4.87. The van der Waals surface area contributed by atoms with Gasteiger partial charge >= 0.3 is 5.97 Å². The molecule has 1 amide bonds. The minimum Gasteiger partial charge on any atom is -0.480 e. The van der Waals surface area contributed by atoms with Crippen molar-refractivity contribution in [2.75, 3.05) is 20.3 Å². The van der Waals surface area contributed by atoms with Gasteiger partial charge in [-0.25, -0.2) is 4.79 Å². The van der Waals surface area contributed by atoms with Crippen LogP contribution < -0.4 is 0 Å². The summed E-state index contributed by atoms with van der Waals surface area (Å²) in [5.41, 5.74) is 0. The van der Waals surface area contributed by atoms with Crippen molar-refractivity contribution in [2.24, 2.45) is 0 Å². The average Bonchev–Trinajstić information content (AvgIpc) is 2.29. The third kappa shape index (κ3) is 3.48. The van der Waals surface area contributed by atoms with E-state index in [1.807, 2.05) is 0 Å². The maximum Gasteiger partial charge on any atom is 0.326 e. The Morgan fingerprint density at radius 1 is 1.44 bits per heavy atom. The van der Waals surface area contributed by atoms with E-state index < -0.39 is 12.0 Å². The van der Waals surface area contributed by atoms with Crippen LogP contribution in [0.3, 0.4) is 0 Å². The Bertz CT molecular complexity index is 254. The number of hydrogen-bond acceptors (Lipinski definition) is 3. The fourth-order valence-corrected chi connectivity index (χ4v) is 2.00. The minimum atomic E-state index is -0.889. The topological polar surface area (TPSA) is 66.8 Å². The molecule has 1 aliphatic heterocycles. The second-order valence-corrected chi connectivity index (χ2v) is 4.03. The molecule has 0 bridgehead atoms. The second-order valence-electron chi connectivity index (χ2n) is 4.03. The van der Waals surface area contributed by atoms with Crippen molar-refractivity contribution in [3.05, 3.63) is 0 Å². The number of amides is 1. The number of carboxylic acid groups (broad SMARTS) is 1. The summed E-state index contributed by atoms with van der Waals surface area (Å²) in [6.07, 6.45) is 3.39. The average molecular weight is 229 g/mol. The molecule has 1 atom stereocenters. The van der Waals surface area contributed by atoms with Gasteiger partial charge in [-0.15, -0.1) is 0 Å². The van der Waals surface area contributed by atoms with Gasteiger partial charge < -0.3 is 14.7 Å². The molecule has 1 fully saturated rings. The first-order valence-electron chi connectivity index (χ1n) is 5.68. The molecule has 0 aromatic heterocycles. The number of carboxylic acids is 1. The summed E-state index contributed by atoms with van der Waals surface area (Å²) in [6.45, 7) is 1.11. The van der Waals surface area contributed by atoms with Gasteiger partial charge in [-0.05, 0) is 25.7 Å². The first-order valence-corrected chi connectivity index (χ1v) is 5.68. The van der Waals surface area contributed by atoms with Crippen LogP contribution in [0.25, 0.3) is 0 Å². The quantitative estimate of drug-likeness (QED) is 0.711. The molecule has 5 heteroatoms. The SMILES string of the molecule is COCCCC(=O)N1CCCC[C@H]1C(=O)O. The van der Waals surface area contributed by atoms with Gasteiger partial charge in [0.05, 0.1) is 0 Å². The van der Waals surface area contributed by atoms with E-state index in [1.54, 1.807) is 7.11 Å². The van der Waals surface area contributed by atoms with Crippen LogP contribution in [-0.4, -0.2) is 48.2 Å². The molecule has 5 nitrogen and oxygen atoms in total. The predicted octanol–water partition coefficient (Wildman–Crippen LogP) is 0.879. The van der Waals surface area contributed by atoms with Gasteiger partial charge in [0.1, 0.15) is 6.04 Å². The highest BCUT2D eigenvalue weighted by Gasteiger charge is 2.31. The minimum absolute atomic E-state index is 0.0656. The van der Waals surface area contributed by atoms with Crippen molar-refractivity contribution in [3.63, 3.8) is 0 Å². The maximum atomic E-state index is 11.8. The Kier molecular flexibility index (Phi) is 5.25. The number of ether oxygens (including phenoxy) is 1. The molecule has 1 aliphatic rings. The van der Waals surface area contributed by atoms with Gasteiger partial charge in [0, 0.05) is 26.7 Å². The summed E-state index contributed by atoms with van der Waals surface area (Å²) in [7, 11) is 1.59. The molecule has 0 radical (unpaired) electrons. The standard InChI is InChI=1S/C11H19NO4/c1-16-8-4-6-10(13)12-7-3-2-5-9(12)11(14)15/h9H,2-8H2,1H3,(H,14,15)/t9-/m0/s1. The zero-order valence-electron chi connectivity index (χ0n) is 9.65. The number of likely N-dealkylation sites (tertiary alicyclic amines) is 1. The summed E-state index contributed by atoms with van der Waals surface area (Å²) in [5.74, 6) is -0.955. The van der Waals surface area contributed by atoms with Gasteiger partial charge in [0.15, 0.2) is 0 Å². The largest absolute Gasteiger partial charge is 0.480 e. The van der Waals surface area contributed by atoms with Crippen LogP contribution in [0.15, 0.2) is 0 Å². The molecule has 0 aliphatic carbocycles. The van der Waals surface area contributed by atoms with Gasteiger partial charge in [0.2, 0.25) is 5.91 Å². The van der Waals surface area contributed by atoms with Gasteiger partial charge in [-0.1, -0.05) is 0 Å². The van der Waals surface area contributed by atoms with Crippen molar-refractivity contribution in [1.82, 2.24) is 4.90 Å². The molecule has 92 valence electrons. The lowest BCUT2D eigenvalue weighted by atomic mass is 10.0. The monoisotopic (exact) mass is 229 g/mol. The highest BCUT2D eigenvalue weighted by atomic mass is 16.5. The fraction of sp³-hybridized carbons (Fsp3) is 0.818. The van der Waals surface area contributed by atoms with E-state index in [9.17, 15) is 9.59 Å². The Labute approximate surface area is 95.4 Å². The first-order chi connectivity index (χ1) is 7.66. The number of nitrogens with zero attached hydrogens (tertiary/aromatic N) is 1. The van der Waals surface area contributed by atoms with Gasteiger partial charge in [-0.2, -0.15) is 0 Å². The summed E-state index contributed by atoms with van der Waals surface area (Å²) >= 11 is 0. The Morgan fingerprint density at radius 2 is 2.19 bits per heavy atom. The van der Waals surface area contributed by atoms with Gasteiger partial charge in [0.25, 0.3) is 0 Å². The molecule has 0 aromatic rings. The number of hydrogen-bond donors (Lipinski definition) is 1. The third-order valence-electron chi connectivity index (χ3n) is 2.85. The molecule has 1 heterocycles. The fourth-order valence-electron chi connectivity index (χ4n) is 2.00. The first kappa shape index (κ1) is 13.0. The lowest BCUT2D eigenvalue weighted by molar-refractivity contribution is -0.152. The number of rotatable bonds is 5. The van der Waals surface area contributed by atoms with Crippen LogP contribution >= 0.6 is 0 Å². The van der Waals surface area contributed by atoms with Crippen LogP contribution in [0.1, 0.15) is 32.1 Å². The lowest BCUT2D eigenvalue weighted by Gasteiger charge is -2.33. The lowest BCUT2D eigenvalue weighted by Crippen LogP contribution is -2.47. The van der Waals surface area contributed by atoms with E-state index in [0.717, 1.165) is 12.8 Å². The molecule has 0 saturated carbocycles. The Morgan fingerprint density at radius 3 is 2.81 bits per heavy atom. The van der Waals surface area contributed by atoms with E-state index in [4.69, 9.17) is 9.84 Å².